The van der Waals surface area contributed by atoms with E-state index in [1.165, 1.54) is 0 Å². The summed E-state index contributed by atoms with van der Waals surface area (Å²) in [5.74, 6) is -0.386. The molecule has 1 aromatic carbocycles. The zero-order chi connectivity index (χ0) is 16.8. The van der Waals surface area contributed by atoms with Crippen LogP contribution in [-0.4, -0.2) is 41.1 Å². The fourth-order valence-electron chi connectivity index (χ4n) is 3.09. The number of amides is 1. The number of likely N-dealkylation sites (tertiary alicyclic amines) is 1. The van der Waals surface area contributed by atoms with E-state index in [2.05, 4.69) is 0 Å². The van der Waals surface area contributed by atoms with Crippen LogP contribution in [-0.2, 0) is 9.59 Å². The summed E-state index contributed by atoms with van der Waals surface area (Å²) in [6.45, 7) is 4.96. The molecule has 0 spiro atoms. The van der Waals surface area contributed by atoms with Gasteiger partial charge in [-0.05, 0) is 44.7 Å². The summed E-state index contributed by atoms with van der Waals surface area (Å²) in [5, 5.41) is 9.22. The second-order valence-corrected chi connectivity index (χ2v) is 6.13. The van der Waals surface area contributed by atoms with Gasteiger partial charge in [-0.1, -0.05) is 18.2 Å². The number of benzene rings is 1. The Kier molecular flexibility index (Phi) is 6.02. The van der Waals surface area contributed by atoms with Crippen molar-refractivity contribution >= 4 is 11.9 Å². The number of hydrogen-bond donors (Lipinski definition) is 1. The quantitative estimate of drug-likeness (QED) is 0.819. The number of rotatable bonds is 6. The lowest BCUT2D eigenvalue weighted by molar-refractivity contribution is -0.149. The van der Waals surface area contributed by atoms with Gasteiger partial charge in [0.2, 0.25) is 5.91 Å². The first-order valence-electron chi connectivity index (χ1n) is 8.21. The second kappa shape index (κ2) is 7.99. The maximum atomic E-state index is 12.3. The van der Waals surface area contributed by atoms with Gasteiger partial charge >= 0.3 is 5.97 Å². The fourth-order valence-corrected chi connectivity index (χ4v) is 3.09. The molecule has 1 aliphatic rings. The smallest absolute Gasteiger partial charge is 0.308 e. The Labute approximate surface area is 137 Å². The average Bonchev–Trinajstić information content (AvgIpc) is 2.52. The molecule has 5 heteroatoms. The minimum absolute atomic E-state index is 0.0248. The summed E-state index contributed by atoms with van der Waals surface area (Å²) in [6.07, 6.45) is 2.43. The Morgan fingerprint density at radius 1 is 1.35 bits per heavy atom. The highest BCUT2D eigenvalue weighted by Gasteiger charge is 2.34. The zero-order valence-electron chi connectivity index (χ0n) is 13.8. The molecule has 5 nitrogen and oxygen atoms in total. The highest BCUT2D eigenvalue weighted by atomic mass is 16.5. The lowest BCUT2D eigenvalue weighted by Gasteiger charge is -2.37. The lowest BCUT2D eigenvalue weighted by atomic mass is 9.90. The standard InChI is InChI=1S/C18H25NO4/c1-13-7-3-4-9-16(13)23-12-6-10-17(20)19-11-5-8-15(14(19)2)18(21)22/h3-4,7,9,14-15H,5-6,8,10-12H2,1-2H3,(H,21,22)/t14-,15-/m1/s1. The Balaban J connectivity index is 1.78. The molecule has 1 fully saturated rings. The van der Waals surface area contributed by atoms with Crippen molar-refractivity contribution in [3.05, 3.63) is 29.8 Å². The molecule has 1 aromatic rings. The average molecular weight is 319 g/mol. The van der Waals surface area contributed by atoms with Crippen molar-refractivity contribution in [3.8, 4) is 5.75 Å². The minimum atomic E-state index is -0.808. The molecule has 2 atom stereocenters. The van der Waals surface area contributed by atoms with Gasteiger partial charge in [0.05, 0.1) is 12.5 Å². The van der Waals surface area contributed by atoms with Gasteiger partial charge in [0, 0.05) is 19.0 Å². The Morgan fingerprint density at radius 2 is 2.09 bits per heavy atom. The van der Waals surface area contributed by atoms with Crippen LogP contribution < -0.4 is 4.74 Å². The van der Waals surface area contributed by atoms with E-state index >= 15 is 0 Å². The van der Waals surface area contributed by atoms with Crippen molar-refractivity contribution < 1.29 is 19.4 Å². The molecule has 0 unspecified atom stereocenters. The molecule has 1 amide bonds. The van der Waals surface area contributed by atoms with Crippen molar-refractivity contribution in [1.82, 2.24) is 4.90 Å². The Bertz CT molecular complexity index is 558. The van der Waals surface area contributed by atoms with Gasteiger partial charge in [0.15, 0.2) is 0 Å². The molecule has 2 rings (SSSR count). The third-order valence-corrected chi connectivity index (χ3v) is 4.51. The molecule has 1 aliphatic heterocycles. The number of piperidine rings is 1. The molecular formula is C18H25NO4. The van der Waals surface area contributed by atoms with Gasteiger partial charge in [-0.15, -0.1) is 0 Å². The first-order chi connectivity index (χ1) is 11.0. The number of para-hydroxylation sites is 1. The van der Waals surface area contributed by atoms with Crippen LogP contribution in [0.3, 0.4) is 0 Å². The number of nitrogens with zero attached hydrogens (tertiary/aromatic N) is 1. The van der Waals surface area contributed by atoms with Crippen molar-refractivity contribution in [1.29, 1.82) is 0 Å². The molecule has 23 heavy (non-hydrogen) atoms. The largest absolute Gasteiger partial charge is 0.493 e. The normalized spacial score (nSPS) is 21.0. The second-order valence-electron chi connectivity index (χ2n) is 6.13. The molecule has 0 saturated carbocycles. The summed E-state index contributed by atoms with van der Waals surface area (Å²) >= 11 is 0. The van der Waals surface area contributed by atoms with Crippen LogP contribution in [0.15, 0.2) is 24.3 Å². The third kappa shape index (κ3) is 4.47. The van der Waals surface area contributed by atoms with Crippen LogP contribution in [0.4, 0.5) is 0 Å². The third-order valence-electron chi connectivity index (χ3n) is 4.51. The lowest BCUT2D eigenvalue weighted by Crippen LogP contribution is -2.49. The van der Waals surface area contributed by atoms with Crippen LogP contribution in [0.5, 0.6) is 5.75 Å². The first-order valence-corrected chi connectivity index (χ1v) is 8.21. The SMILES string of the molecule is Cc1ccccc1OCCCC(=O)N1CCC[C@@H](C(=O)O)[C@H]1C. The highest BCUT2D eigenvalue weighted by molar-refractivity contribution is 5.78. The van der Waals surface area contributed by atoms with Crippen LogP contribution >= 0.6 is 0 Å². The monoisotopic (exact) mass is 319 g/mol. The number of carbonyl (C=O) groups is 2. The predicted octanol–water partition coefficient (Wildman–Crippen LogP) is 2.87. The number of aryl methyl sites for hydroxylation is 1. The summed E-state index contributed by atoms with van der Waals surface area (Å²) in [4.78, 5) is 25.3. The Hall–Kier alpha value is -2.04. The van der Waals surface area contributed by atoms with Crippen molar-refractivity contribution in [2.24, 2.45) is 5.92 Å². The molecule has 1 saturated heterocycles. The minimum Gasteiger partial charge on any atom is -0.493 e. The number of hydrogen-bond acceptors (Lipinski definition) is 3. The molecule has 126 valence electrons. The topological polar surface area (TPSA) is 66.8 Å². The van der Waals surface area contributed by atoms with E-state index in [0.29, 0.717) is 32.4 Å². The molecule has 1 N–H and O–H groups in total. The number of carboxylic acid groups (broad SMARTS) is 1. The summed E-state index contributed by atoms with van der Waals surface area (Å²) < 4.78 is 5.70. The van der Waals surface area contributed by atoms with Gasteiger partial charge in [0.1, 0.15) is 5.75 Å². The molecule has 0 aliphatic carbocycles. The maximum absolute atomic E-state index is 12.3. The number of aliphatic carboxylic acids is 1. The molecule has 0 bridgehead atoms. The Morgan fingerprint density at radius 3 is 2.78 bits per heavy atom. The van der Waals surface area contributed by atoms with E-state index in [1.807, 2.05) is 38.1 Å². The van der Waals surface area contributed by atoms with E-state index in [-0.39, 0.29) is 11.9 Å². The number of ether oxygens (including phenoxy) is 1. The summed E-state index contributed by atoms with van der Waals surface area (Å²) in [7, 11) is 0. The molecule has 0 radical (unpaired) electrons. The van der Waals surface area contributed by atoms with Crippen LogP contribution in [0.2, 0.25) is 0 Å². The van der Waals surface area contributed by atoms with Gasteiger partial charge in [-0.25, -0.2) is 0 Å². The summed E-state index contributed by atoms with van der Waals surface area (Å²) in [5.41, 5.74) is 1.08. The van der Waals surface area contributed by atoms with Gasteiger partial charge in [0.25, 0.3) is 0 Å². The van der Waals surface area contributed by atoms with Crippen LogP contribution in [0.25, 0.3) is 0 Å². The van der Waals surface area contributed by atoms with E-state index < -0.39 is 11.9 Å². The van der Waals surface area contributed by atoms with E-state index in [1.54, 1.807) is 4.90 Å². The highest BCUT2D eigenvalue weighted by Crippen LogP contribution is 2.24. The fraction of sp³-hybridized carbons (Fsp3) is 0.556. The zero-order valence-corrected chi connectivity index (χ0v) is 13.8. The van der Waals surface area contributed by atoms with E-state index in [9.17, 15) is 14.7 Å². The first kappa shape index (κ1) is 17.3. The van der Waals surface area contributed by atoms with Gasteiger partial charge < -0.3 is 14.7 Å². The summed E-state index contributed by atoms with van der Waals surface area (Å²) in [6, 6.07) is 7.56. The van der Waals surface area contributed by atoms with Crippen molar-refractivity contribution in [2.45, 2.75) is 45.6 Å². The molecule has 0 aromatic heterocycles. The van der Waals surface area contributed by atoms with E-state index in [4.69, 9.17) is 4.74 Å². The van der Waals surface area contributed by atoms with Gasteiger partial charge in [-0.3, -0.25) is 9.59 Å². The van der Waals surface area contributed by atoms with Crippen molar-refractivity contribution in [2.75, 3.05) is 13.2 Å². The molecule has 1 heterocycles. The van der Waals surface area contributed by atoms with Crippen LogP contribution in [0, 0.1) is 12.8 Å². The molecular weight excluding hydrogens is 294 g/mol. The van der Waals surface area contributed by atoms with Crippen LogP contribution in [0.1, 0.15) is 38.2 Å². The maximum Gasteiger partial charge on any atom is 0.308 e. The number of carboxylic acids is 1. The van der Waals surface area contributed by atoms with Crippen molar-refractivity contribution in [3.63, 3.8) is 0 Å². The van der Waals surface area contributed by atoms with E-state index in [0.717, 1.165) is 17.7 Å². The predicted molar refractivity (Wildman–Crippen MR) is 87.4 cm³/mol. The van der Waals surface area contributed by atoms with Gasteiger partial charge in [-0.2, -0.15) is 0 Å². The number of carbonyl (C=O) groups excluding carboxylic acids is 1.